The van der Waals surface area contributed by atoms with Crippen LogP contribution in [0.1, 0.15) is 20.8 Å². The topological polar surface area (TPSA) is 45.5 Å². The van der Waals surface area contributed by atoms with Crippen molar-refractivity contribution in [2.45, 2.75) is 20.8 Å². The van der Waals surface area contributed by atoms with Gasteiger partial charge in [0.25, 0.3) is 0 Å². The van der Waals surface area contributed by atoms with Crippen molar-refractivity contribution in [3.63, 3.8) is 0 Å². The Bertz CT molecular complexity index is 517. The SMILES string of the molecule is CCN(CC(C)C)c1nc(NC)cn2ccnc12. The minimum Gasteiger partial charge on any atom is -0.372 e. The van der Waals surface area contributed by atoms with Gasteiger partial charge in [0, 0.05) is 32.5 Å². The van der Waals surface area contributed by atoms with Crippen molar-refractivity contribution >= 4 is 17.3 Å². The van der Waals surface area contributed by atoms with E-state index in [9.17, 15) is 0 Å². The van der Waals surface area contributed by atoms with Gasteiger partial charge in [-0.1, -0.05) is 13.8 Å². The molecule has 0 fully saturated rings. The molecule has 18 heavy (non-hydrogen) atoms. The zero-order valence-electron chi connectivity index (χ0n) is 11.5. The van der Waals surface area contributed by atoms with E-state index in [2.05, 4.69) is 41.0 Å². The Kier molecular flexibility index (Phi) is 3.69. The molecule has 0 spiro atoms. The largest absolute Gasteiger partial charge is 0.372 e. The Morgan fingerprint density at radius 1 is 1.44 bits per heavy atom. The summed E-state index contributed by atoms with van der Waals surface area (Å²) in [4.78, 5) is 11.3. The van der Waals surface area contributed by atoms with E-state index >= 15 is 0 Å². The summed E-state index contributed by atoms with van der Waals surface area (Å²) < 4.78 is 2.01. The van der Waals surface area contributed by atoms with Gasteiger partial charge in [-0.25, -0.2) is 9.97 Å². The number of nitrogens with one attached hydrogen (secondary N) is 1. The van der Waals surface area contributed by atoms with Crippen LogP contribution in [0.15, 0.2) is 18.6 Å². The second kappa shape index (κ2) is 5.25. The zero-order valence-corrected chi connectivity index (χ0v) is 11.5. The van der Waals surface area contributed by atoms with Gasteiger partial charge in [-0.05, 0) is 12.8 Å². The molecule has 0 saturated carbocycles. The lowest BCUT2D eigenvalue weighted by Crippen LogP contribution is -2.28. The molecule has 0 saturated heterocycles. The van der Waals surface area contributed by atoms with Gasteiger partial charge in [-0.15, -0.1) is 0 Å². The Morgan fingerprint density at radius 3 is 2.83 bits per heavy atom. The number of anilines is 2. The van der Waals surface area contributed by atoms with Crippen LogP contribution in [0.2, 0.25) is 0 Å². The lowest BCUT2D eigenvalue weighted by molar-refractivity contribution is 0.615. The summed E-state index contributed by atoms with van der Waals surface area (Å²) >= 11 is 0. The Balaban J connectivity index is 2.49. The molecule has 0 aliphatic carbocycles. The predicted octanol–water partition coefficient (Wildman–Crippen LogP) is 2.25. The molecule has 0 radical (unpaired) electrons. The highest BCUT2D eigenvalue weighted by Crippen LogP contribution is 2.21. The summed E-state index contributed by atoms with van der Waals surface area (Å²) in [6, 6.07) is 0. The van der Waals surface area contributed by atoms with Gasteiger partial charge in [0.15, 0.2) is 11.5 Å². The summed E-state index contributed by atoms with van der Waals surface area (Å²) in [6.45, 7) is 8.50. The first-order valence-corrected chi connectivity index (χ1v) is 6.42. The Hall–Kier alpha value is -1.78. The van der Waals surface area contributed by atoms with Crippen LogP contribution in [-0.4, -0.2) is 34.5 Å². The molecule has 2 aromatic rings. The molecule has 1 N–H and O–H groups in total. The predicted molar refractivity (Wildman–Crippen MR) is 75.3 cm³/mol. The van der Waals surface area contributed by atoms with Crippen LogP contribution in [-0.2, 0) is 0 Å². The smallest absolute Gasteiger partial charge is 0.180 e. The van der Waals surface area contributed by atoms with Crippen LogP contribution < -0.4 is 10.2 Å². The van der Waals surface area contributed by atoms with Crippen molar-refractivity contribution in [2.75, 3.05) is 30.4 Å². The standard InChI is InChI=1S/C13H21N5/c1-5-17(8-10(2)3)13-12-15-6-7-18(12)9-11(14-4)16-13/h6-7,9-10,14H,5,8H2,1-4H3. The molecule has 0 unspecified atom stereocenters. The second-order valence-corrected chi connectivity index (χ2v) is 4.79. The van der Waals surface area contributed by atoms with Gasteiger partial charge in [0.05, 0.1) is 6.20 Å². The molecule has 0 aliphatic heterocycles. The molecule has 0 aliphatic rings. The third-order valence-corrected chi connectivity index (χ3v) is 2.88. The van der Waals surface area contributed by atoms with Crippen LogP contribution >= 0.6 is 0 Å². The van der Waals surface area contributed by atoms with Crippen LogP contribution in [0.5, 0.6) is 0 Å². The van der Waals surface area contributed by atoms with E-state index in [0.717, 1.165) is 30.4 Å². The molecular formula is C13H21N5. The van der Waals surface area contributed by atoms with Crippen LogP contribution in [0.25, 0.3) is 5.65 Å². The molecule has 0 atom stereocenters. The molecule has 2 heterocycles. The minimum atomic E-state index is 0.597. The van der Waals surface area contributed by atoms with Crippen LogP contribution in [0, 0.1) is 5.92 Å². The first-order chi connectivity index (χ1) is 8.65. The average Bonchev–Trinajstić information content (AvgIpc) is 2.82. The number of rotatable bonds is 5. The minimum absolute atomic E-state index is 0.597. The molecule has 5 heteroatoms. The highest BCUT2D eigenvalue weighted by Gasteiger charge is 2.14. The van der Waals surface area contributed by atoms with Gasteiger partial charge in [-0.2, -0.15) is 0 Å². The summed E-state index contributed by atoms with van der Waals surface area (Å²) in [7, 11) is 1.88. The number of fused-ring (bicyclic) bond motifs is 1. The quantitative estimate of drug-likeness (QED) is 0.880. The van der Waals surface area contributed by atoms with Gasteiger partial charge in [0.1, 0.15) is 5.82 Å². The number of aromatic nitrogens is 3. The summed E-state index contributed by atoms with van der Waals surface area (Å²) in [5.41, 5.74) is 0.913. The second-order valence-electron chi connectivity index (χ2n) is 4.79. The average molecular weight is 247 g/mol. The summed E-state index contributed by atoms with van der Waals surface area (Å²) in [6.07, 6.45) is 5.71. The fourth-order valence-electron chi connectivity index (χ4n) is 2.05. The van der Waals surface area contributed by atoms with E-state index in [-0.39, 0.29) is 0 Å². The fraction of sp³-hybridized carbons (Fsp3) is 0.538. The van der Waals surface area contributed by atoms with Gasteiger partial charge < -0.3 is 14.6 Å². The fourth-order valence-corrected chi connectivity index (χ4v) is 2.05. The maximum absolute atomic E-state index is 4.65. The van der Waals surface area contributed by atoms with Crippen molar-refractivity contribution < 1.29 is 0 Å². The molecule has 0 bridgehead atoms. The maximum Gasteiger partial charge on any atom is 0.180 e. The van der Waals surface area contributed by atoms with Crippen LogP contribution in [0.3, 0.4) is 0 Å². The zero-order chi connectivity index (χ0) is 13.1. The highest BCUT2D eigenvalue weighted by molar-refractivity contribution is 5.66. The van der Waals surface area contributed by atoms with E-state index in [4.69, 9.17) is 0 Å². The van der Waals surface area contributed by atoms with Crippen molar-refractivity contribution in [1.82, 2.24) is 14.4 Å². The van der Waals surface area contributed by atoms with Gasteiger partial charge in [0.2, 0.25) is 0 Å². The first-order valence-electron chi connectivity index (χ1n) is 6.42. The van der Waals surface area contributed by atoms with E-state index in [1.54, 1.807) is 0 Å². The highest BCUT2D eigenvalue weighted by atomic mass is 15.2. The van der Waals surface area contributed by atoms with Crippen molar-refractivity contribution in [2.24, 2.45) is 5.92 Å². The third-order valence-electron chi connectivity index (χ3n) is 2.88. The van der Waals surface area contributed by atoms with E-state index in [0.29, 0.717) is 5.92 Å². The van der Waals surface area contributed by atoms with Crippen LogP contribution in [0.4, 0.5) is 11.6 Å². The normalized spacial score (nSPS) is 11.2. The molecule has 98 valence electrons. The molecule has 2 aromatic heterocycles. The molecule has 5 nitrogen and oxygen atoms in total. The molecule has 2 rings (SSSR count). The van der Waals surface area contributed by atoms with Gasteiger partial charge >= 0.3 is 0 Å². The summed E-state index contributed by atoms with van der Waals surface area (Å²) in [5, 5.41) is 3.10. The first kappa shape index (κ1) is 12.7. The van der Waals surface area contributed by atoms with Crippen molar-refractivity contribution in [3.8, 4) is 0 Å². The van der Waals surface area contributed by atoms with Crippen molar-refractivity contribution in [3.05, 3.63) is 18.6 Å². The van der Waals surface area contributed by atoms with E-state index in [1.807, 2.05) is 30.0 Å². The molecular weight excluding hydrogens is 226 g/mol. The lowest BCUT2D eigenvalue weighted by Gasteiger charge is -2.24. The number of hydrogen-bond donors (Lipinski definition) is 1. The molecule has 0 amide bonds. The summed E-state index contributed by atoms with van der Waals surface area (Å²) in [5.74, 6) is 2.40. The number of imidazole rings is 1. The third kappa shape index (κ3) is 2.39. The lowest BCUT2D eigenvalue weighted by atomic mass is 10.2. The maximum atomic E-state index is 4.65. The van der Waals surface area contributed by atoms with Crippen molar-refractivity contribution in [1.29, 1.82) is 0 Å². The van der Waals surface area contributed by atoms with E-state index in [1.165, 1.54) is 0 Å². The monoisotopic (exact) mass is 247 g/mol. The number of nitrogens with zero attached hydrogens (tertiary/aromatic N) is 4. The Labute approximate surface area is 108 Å². The number of hydrogen-bond acceptors (Lipinski definition) is 4. The van der Waals surface area contributed by atoms with E-state index < -0.39 is 0 Å². The Morgan fingerprint density at radius 2 is 2.22 bits per heavy atom. The van der Waals surface area contributed by atoms with Gasteiger partial charge in [-0.3, -0.25) is 0 Å². The molecule has 0 aromatic carbocycles.